The molecule has 0 saturated carbocycles. The maximum atomic E-state index is 12.6. The van der Waals surface area contributed by atoms with E-state index in [9.17, 15) is 19.2 Å². The van der Waals surface area contributed by atoms with Crippen LogP contribution in [-0.2, 0) is 23.9 Å². The van der Waals surface area contributed by atoms with Crippen molar-refractivity contribution in [2.75, 3.05) is 13.2 Å². The van der Waals surface area contributed by atoms with Crippen LogP contribution in [0.2, 0.25) is 0 Å². The van der Waals surface area contributed by atoms with Crippen LogP contribution in [0.1, 0.15) is 149 Å². The van der Waals surface area contributed by atoms with Crippen LogP contribution in [0.15, 0.2) is 60.8 Å². The molecule has 0 aliphatic rings. The molecule has 50 heavy (non-hydrogen) atoms. The second kappa shape index (κ2) is 35.4. The van der Waals surface area contributed by atoms with Crippen LogP contribution in [0.3, 0.4) is 0 Å². The molecule has 0 spiro atoms. The van der Waals surface area contributed by atoms with Crippen LogP contribution in [0.25, 0.3) is 0 Å². The Kier molecular flexibility index (Phi) is 32.9. The first-order chi connectivity index (χ1) is 24.3. The van der Waals surface area contributed by atoms with Crippen LogP contribution in [0, 0.1) is 0 Å². The van der Waals surface area contributed by atoms with Gasteiger partial charge < -0.3 is 25.6 Å². The monoisotopic (exact) mass is 701 g/mol. The maximum Gasteiger partial charge on any atom is 0.328 e. The van der Waals surface area contributed by atoms with Crippen molar-refractivity contribution in [1.82, 2.24) is 10.6 Å². The quantitative estimate of drug-likeness (QED) is 0.0305. The molecule has 284 valence electrons. The molecule has 0 fully saturated rings. The summed E-state index contributed by atoms with van der Waals surface area (Å²) in [6, 6.07) is -1.38. The minimum atomic E-state index is -1.38. The Labute approximate surface area is 302 Å². The maximum absolute atomic E-state index is 12.6. The van der Waals surface area contributed by atoms with Gasteiger partial charge in [-0.05, 0) is 70.3 Å². The van der Waals surface area contributed by atoms with E-state index in [-0.39, 0.29) is 30.9 Å². The van der Waals surface area contributed by atoms with E-state index in [4.69, 9.17) is 14.9 Å². The summed E-state index contributed by atoms with van der Waals surface area (Å²) in [6.07, 6.45) is 41.3. The molecule has 2 unspecified atom stereocenters. The fraction of sp³-hybridized carbons (Fsp3) is 0.659. The predicted octanol–water partition coefficient (Wildman–Crippen LogP) is 8.59. The zero-order valence-corrected chi connectivity index (χ0v) is 31.1. The lowest BCUT2D eigenvalue weighted by Crippen LogP contribution is -2.47. The summed E-state index contributed by atoms with van der Waals surface area (Å²) in [4.78, 5) is 47.2. The zero-order valence-electron chi connectivity index (χ0n) is 31.1. The number of amides is 2. The topological polar surface area (TPSA) is 142 Å². The van der Waals surface area contributed by atoms with Crippen molar-refractivity contribution < 1.29 is 34.1 Å². The Hall–Kier alpha value is -3.46. The summed E-state index contributed by atoms with van der Waals surface area (Å²) in [5.41, 5.74) is 0. The lowest BCUT2D eigenvalue weighted by molar-refractivity contribution is -0.147. The first-order valence-corrected chi connectivity index (χ1v) is 19.2. The van der Waals surface area contributed by atoms with Gasteiger partial charge in [-0.2, -0.15) is 0 Å². The van der Waals surface area contributed by atoms with Gasteiger partial charge in [0.25, 0.3) is 0 Å². The molecule has 0 aromatic rings. The van der Waals surface area contributed by atoms with Crippen molar-refractivity contribution in [2.45, 2.75) is 161 Å². The fourth-order valence-corrected chi connectivity index (χ4v) is 5.05. The van der Waals surface area contributed by atoms with Crippen LogP contribution >= 0.6 is 0 Å². The van der Waals surface area contributed by atoms with Crippen molar-refractivity contribution in [3.05, 3.63) is 60.8 Å². The van der Waals surface area contributed by atoms with E-state index in [2.05, 4.69) is 85.2 Å². The molecule has 9 nitrogen and oxygen atoms in total. The minimum absolute atomic E-state index is 0.160. The summed E-state index contributed by atoms with van der Waals surface area (Å²) in [5, 5.41) is 22.4. The molecule has 0 aliphatic heterocycles. The van der Waals surface area contributed by atoms with Gasteiger partial charge in [0, 0.05) is 12.8 Å². The van der Waals surface area contributed by atoms with E-state index in [1.54, 1.807) is 0 Å². The van der Waals surface area contributed by atoms with Gasteiger partial charge in [0.05, 0.1) is 13.2 Å². The van der Waals surface area contributed by atoms with Gasteiger partial charge in [-0.3, -0.25) is 14.4 Å². The highest BCUT2D eigenvalue weighted by Gasteiger charge is 2.18. The third-order valence-electron chi connectivity index (χ3n) is 8.00. The summed E-state index contributed by atoms with van der Waals surface area (Å²) in [5.74, 6) is -2.42. The predicted molar refractivity (Wildman–Crippen MR) is 204 cm³/mol. The average Bonchev–Trinajstić information content (AvgIpc) is 3.10. The van der Waals surface area contributed by atoms with Gasteiger partial charge >= 0.3 is 11.9 Å². The molecule has 0 aromatic heterocycles. The molecule has 0 aromatic carbocycles. The number of carbonyl (C=O) groups excluding carboxylic acids is 3. The average molecular weight is 701 g/mol. The number of unbranched alkanes of at least 4 members (excludes halogenated alkanes) is 11. The van der Waals surface area contributed by atoms with E-state index >= 15 is 0 Å². The Bertz CT molecular complexity index is 1030. The van der Waals surface area contributed by atoms with Gasteiger partial charge in [-0.1, -0.05) is 126 Å². The molecule has 2 amide bonds. The number of ether oxygens (including phenoxy) is 1. The third kappa shape index (κ3) is 31.8. The van der Waals surface area contributed by atoms with E-state index in [1.165, 1.54) is 32.1 Å². The highest BCUT2D eigenvalue weighted by atomic mass is 16.5. The van der Waals surface area contributed by atoms with E-state index < -0.39 is 24.5 Å². The highest BCUT2D eigenvalue weighted by Crippen LogP contribution is 2.15. The molecule has 0 radical (unpaired) electrons. The lowest BCUT2D eigenvalue weighted by atomic mass is 10.0. The molecule has 0 saturated heterocycles. The van der Waals surface area contributed by atoms with Crippen LogP contribution in [0.4, 0.5) is 0 Å². The van der Waals surface area contributed by atoms with Crippen molar-refractivity contribution in [1.29, 1.82) is 0 Å². The van der Waals surface area contributed by atoms with Crippen molar-refractivity contribution in [2.24, 2.45) is 0 Å². The molecule has 4 N–H and O–H groups in total. The van der Waals surface area contributed by atoms with E-state index in [0.717, 1.165) is 77.0 Å². The van der Waals surface area contributed by atoms with Gasteiger partial charge in [0.2, 0.25) is 11.8 Å². The Morgan fingerprint density at radius 2 is 1.22 bits per heavy atom. The standard InChI is InChI=1S/C41H68N2O7/c1-3-5-7-9-11-13-14-15-16-17-19-25-29-33-40(47)50-36(30-26-22-18-12-10-8-6-4-2)31-27-23-20-21-24-28-32-38(45)42-34-39(46)43-37(35-44)41(48)49/h5,7,11,13,15-16,19,25-26,30,36-37,44H,3-4,6,8-10,12,14,17-18,20-24,27-29,31-35H2,1-2H3,(H,42,45)(H,43,46)(H,48,49)/b7-5-,13-11-,16-15-,25-19-,30-26-. The number of aliphatic hydroxyl groups excluding tert-OH is 1. The Balaban J connectivity index is 4.38. The number of allylic oxidation sites excluding steroid dienone is 9. The second-order valence-electron chi connectivity index (χ2n) is 12.6. The van der Waals surface area contributed by atoms with E-state index in [0.29, 0.717) is 19.3 Å². The summed E-state index contributed by atoms with van der Waals surface area (Å²) in [6.45, 7) is 3.32. The SMILES string of the molecule is CC/C=C\C/C=C\C/C=C\C/C=C\CCC(=O)OC(/C=C\CCCCCCCC)CCCCCCCCC(=O)NCC(=O)NC(CO)C(=O)O. The lowest BCUT2D eigenvalue weighted by Gasteiger charge is -2.14. The van der Waals surface area contributed by atoms with Gasteiger partial charge in [-0.15, -0.1) is 0 Å². The smallest absolute Gasteiger partial charge is 0.328 e. The number of rotatable bonds is 33. The molecule has 9 heteroatoms. The number of aliphatic carboxylic acids is 1. The van der Waals surface area contributed by atoms with Gasteiger partial charge in [0.15, 0.2) is 0 Å². The molecule has 0 rings (SSSR count). The van der Waals surface area contributed by atoms with Crippen molar-refractivity contribution in [3.8, 4) is 0 Å². The number of aliphatic hydroxyl groups is 1. The number of nitrogens with one attached hydrogen (secondary N) is 2. The largest absolute Gasteiger partial charge is 0.480 e. The number of esters is 1. The highest BCUT2D eigenvalue weighted by molar-refractivity contribution is 5.87. The first kappa shape index (κ1) is 46.5. The van der Waals surface area contributed by atoms with Crippen LogP contribution < -0.4 is 10.6 Å². The van der Waals surface area contributed by atoms with Crippen LogP contribution in [0.5, 0.6) is 0 Å². The molecule has 2 atom stereocenters. The summed E-state index contributed by atoms with van der Waals surface area (Å²) < 4.78 is 5.87. The van der Waals surface area contributed by atoms with Gasteiger partial charge in [0.1, 0.15) is 12.1 Å². The minimum Gasteiger partial charge on any atom is -0.480 e. The van der Waals surface area contributed by atoms with Crippen LogP contribution in [-0.4, -0.2) is 59.3 Å². The van der Waals surface area contributed by atoms with Gasteiger partial charge in [-0.25, -0.2) is 4.79 Å². The van der Waals surface area contributed by atoms with Crippen molar-refractivity contribution >= 4 is 23.8 Å². The molecule has 0 bridgehead atoms. The molecule has 0 heterocycles. The number of hydrogen-bond donors (Lipinski definition) is 4. The zero-order chi connectivity index (χ0) is 36.9. The number of hydrogen-bond acceptors (Lipinski definition) is 6. The second-order valence-corrected chi connectivity index (χ2v) is 12.6. The molecular weight excluding hydrogens is 632 g/mol. The Morgan fingerprint density at radius 3 is 1.84 bits per heavy atom. The fourth-order valence-electron chi connectivity index (χ4n) is 5.05. The molecular formula is C41H68N2O7. The van der Waals surface area contributed by atoms with E-state index in [1.807, 2.05) is 0 Å². The number of carbonyl (C=O) groups is 4. The summed E-state index contributed by atoms with van der Waals surface area (Å²) >= 11 is 0. The third-order valence-corrected chi connectivity index (χ3v) is 8.00. The van der Waals surface area contributed by atoms with Crippen molar-refractivity contribution in [3.63, 3.8) is 0 Å². The Morgan fingerprint density at radius 1 is 0.640 bits per heavy atom. The number of carboxylic acid groups (broad SMARTS) is 1. The summed E-state index contributed by atoms with van der Waals surface area (Å²) in [7, 11) is 0. The number of carboxylic acids is 1. The normalized spacial score (nSPS) is 13.2. The first-order valence-electron chi connectivity index (χ1n) is 19.2. The molecule has 0 aliphatic carbocycles.